The van der Waals surface area contributed by atoms with Crippen LogP contribution >= 0.6 is 0 Å². The first kappa shape index (κ1) is 31.7. The first-order valence-corrected chi connectivity index (χ1v) is 19.6. The Bertz CT molecular complexity index is 3400. The summed E-state index contributed by atoms with van der Waals surface area (Å²) in [5.41, 5.74) is 15.4. The van der Waals surface area contributed by atoms with E-state index in [2.05, 4.69) is 226 Å². The van der Waals surface area contributed by atoms with Crippen LogP contribution in [0, 0.1) is 0 Å². The molecule has 12 aromatic rings. The van der Waals surface area contributed by atoms with Gasteiger partial charge in [-0.2, -0.15) is 0 Å². The highest BCUT2D eigenvalue weighted by Crippen LogP contribution is 2.42. The van der Waals surface area contributed by atoms with Crippen LogP contribution in [0.3, 0.4) is 0 Å². The lowest BCUT2D eigenvalue weighted by Crippen LogP contribution is -1.98. The van der Waals surface area contributed by atoms with Crippen LogP contribution in [0.4, 0.5) is 0 Å². The fourth-order valence-electron chi connectivity index (χ4n) is 9.36. The lowest BCUT2D eigenvalue weighted by Gasteiger charge is -2.14. The summed E-state index contributed by atoms with van der Waals surface area (Å²) in [6.45, 7) is 0. The molecule has 57 heavy (non-hydrogen) atoms. The standard InChI is InChI=1S/C54H35N3/c1-3-16-36(17-4-1)38-32-39(37-18-5-2-6-19-37)34-41(33-38)56-47-24-11-9-22-44(47)46-35-40(30-31-51(46)56)55-50-27-14-10-23-45(50)54-52(55)28-15-29-53(54)57-48-25-12-7-20-42(48)43-21-8-13-26-49(43)57/h1-35H. The van der Waals surface area contributed by atoms with Gasteiger partial charge in [0, 0.05) is 43.7 Å². The summed E-state index contributed by atoms with van der Waals surface area (Å²) in [7, 11) is 0. The summed E-state index contributed by atoms with van der Waals surface area (Å²) in [5.74, 6) is 0. The fraction of sp³-hybridized carbons (Fsp3) is 0. The van der Waals surface area contributed by atoms with Gasteiger partial charge < -0.3 is 13.7 Å². The van der Waals surface area contributed by atoms with Gasteiger partial charge in [-0.05, 0) is 95.1 Å². The van der Waals surface area contributed by atoms with E-state index in [9.17, 15) is 0 Å². The molecule has 266 valence electrons. The zero-order chi connectivity index (χ0) is 37.5. The molecule has 0 aliphatic carbocycles. The Morgan fingerprint density at radius 2 is 0.667 bits per heavy atom. The van der Waals surface area contributed by atoms with Gasteiger partial charge in [-0.15, -0.1) is 0 Å². The molecule has 3 heterocycles. The van der Waals surface area contributed by atoms with E-state index in [1.54, 1.807) is 0 Å². The van der Waals surface area contributed by atoms with Crippen molar-refractivity contribution in [3.8, 4) is 39.3 Å². The maximum Gasteiger partial charge on any atom is 0.0562 e. The highest BCUT2D eigenvalue weighted by atomic mass is 15.0. The lowest BCUT2D eigenvalue weighted by molar-refractivity contribution is 1.16. The summed E-state index contributed by atoms with van der Waals surface area (Å²) in [6, 6.07) is 77.5. The first-order chi connectivity index (χ1) is 28.3. The summed E-state index contributed by atoms with van der Waals surface area (Å²) < 4.78 is 7.35. The number of hydrogen-bond donors (Lipinski definition) is 0. The summed E-state index contributed by atoms with van der Waals surface area (Å²) >= 11 is 0. The molecule has 3 aromatic heterocycles. The number of hydrogen-bond acceptors (Lipinski definition) is 0. The number of para-hydroxylation sites is 4. The molecule has 0 saturated heterocycles. The summed E-state index contributed by atoms with van der Waals surface area (Å²) in [5, 5.41) is 7.46. The predicted octanol–water partition coefficient (Wildman–Crippen LogP) is 14.3. The van der Waals surface area contributed by atoms with E-state index in [0.29, 0.717) is 0 Å². The maximum atomic E-state index is 2.46. The average molecular weight is 726 g/mol. The van der Waals surface area contributed by atoms with Crippen molar-refractivity contribution in [3.63, 3.8) is 0 Å². The van der Waals surface area contributed by atoms with Crippen LogP contribution < -0.4 is 0 Å². The molecule has 12 rings (SSSR count). The smallest absolute Gasteiger partial charge is 0.0562 e. The fourth-order valence-corrected chi connectivity index (χ4v) is 9.36. The lowest BCUT2D eigenvalue weighted by atomic mass is 9.98. The van der Waals surface area contributed by atoms with Crippen molar-refractivity contribution < 1.29 is 0 Å². The minimum atomic E-state index is 1.14. The largest absolute Gasteiger partial charge is 0.309 e. The molecular formula is C54H35N3. The minimum absolute atomic E-state index is 1.14. The first-order valence-electron chi connectivity index (χ1n) is 19.6. The van der Waals surface area contributed by atoms with E-state index in [0.717, 1.165) is 11.4 Å². The minimum Gasteiger partial charge on any atom is -0.309 e. The molecule has 0 unspecified atom stereocenters. The molecule has 0 saturated carbocycles. The van der Waals surface area contributed by atoms with E-state index in [-0.39, 0.29) is 0 Å². The van der Waals surface area contributed by atoms with Crippen LogP contribution in [0.15, 0.2) is 212 Å². The number of fused-ring (bicyclic) bond motifs is 9. The number of nitrogens with zero attached hydrogens (tertiary/aromatic N) is 3. The third-order valence-corrected chi connectivity index (χ3v) is 11.8. The van der Waals surface area contributed by atoms with Gasteiger partial charge in [-0.25, -0.2) is 0 Å². The second-order valence-electron chi connectivity index (χ2n) is 14.9. The Hall–Kier alpha value is -7.62. The van der Waals surface area contributed by atoms with Crippen molar-refractivity contribution in [2.75, 3.05) is 0 Å². The third-order valence-electron chi connectivity index (χ3n) is 11.8. The van der Waals surface area contributed by atoms with E-state index in [1.807, 2.05) is 0 Å². The molecular weight excluding hydrogens is 691 g/mol. The van der Waals surface area contributed by atoms with Gasteiger partial charge in [0.25, 0.3) is 0 Å². The quantitative estimate of drug-likeness (QED) is 0.168. The molecule has 0 bridgehead atoms. The van der Waals surface area contributed by atoms with Crippen molar-refractivity contribution in [3.05, 3.63) is 212 Å². The van der Waals surface area contributed by atoms with Gasteiger partial charge in [-0.1, -0.05) is 140 Å². The van der Waals surface area contributed by atoms with Crippen LogP contribution in [-0.2, 0) is 0 Å². The van der Waals surface area contributed by atoms with E-state index in [1.165, 1.54) is 93.4 Å². The molecule has 0 spiro atoms. The highest BCUT2D eigenvalue weighted by Gasteiger charge is 2.21. The molecule has 9 aromatic carbocycles. The van der Waals surface area contributed by atoms with E-state index >= 15 is 0 Å². The zero-order valence-corrected chi connectivity index (χ0v) is 31.0. The van der Waals surface area contributed by atoms with Crippen LogP contribution in [-0.4, -0.2) is 13.7 Å². The maximum absolute atomic E-state index is 2.46. The van der Waals surface area contributed by atoms with Crippen molar-refractivity contribution >= 4 is 65.4 Å². The topological polar surface area (TPSA) is 14.8 Å². The van der Waals surface area contributed by atoms with Crippen molar-refractivity contribution in [2.45, 2.75) is 0 Å². The van der Waals surface area contributed by atoms with Crippen molar-refractivity contribution in [1.82, 2.24) is 13.7 Å². The Balaban J connectivity index is 1.11. The monoisotopic (exact) mass is 725 g/mol. The van der Waals surface area contributed by atoms with Crippen LogP contribution in [0.2, 0.25) is 0 Å². The van der Waals surface area contributed by atoms with E-state index in [4.69, 9.17) is 0 Å². The van der Waals surface area contributed by atoms with Gasteiger partial charge in [0.2, 0.25) is 0 Å². The van der Waals surface area contributed by atoms with Gasteiger partial charge in [0.15, 0.2) is 0 Å². The zero-order valence-electron chi connectivity index (χ0n) is 31.0. The molecule has 0 atom stereocenters. The molecule has 0 radical (unpaired) electrons. The van der Waals surface area contributed by atoms with Crippen molar-refractivity contribution in [1.29, 1.82) is 0 Å². The molecule has 0 N–H and O–H groups in total. The SMILES string of the molecule is c1ccc(-c2cc(-c3ccccc3)cc(-n3c4ccccc4c4cc(-n5c6ccccc6c6c(-n7c8ccccc8c8ccccc87)cccc65)ccc43)c2)cc1. The number of benzene rings is 9. The number of rotatable bonds is 5. The Labute approximate surface area is 329 Å². The second kappa shape index (κ2) is 12.5. The molecule has 0 aliphatic rings. The summed E-state index contributed by atoms with van der Waals surface area (Å²) in [4.78, 5) is 0. The Morgan fingerprint density at radius 3 is 1.26 bits per heavy atom. The second-order valence-corrected chi connectivity index (χ2v) is 14.9. The van der Waals surface area contributed by atoms with Gasteiger partial charge in [-0.3, -0.25) is 0 Å². The molecule has 0 aliphatic heterocycles. The highest BCUT2D eigenvalue weighted by molar-refractivity contribution is 6.17. The average Bonchev–Trinajstić information content (AvgIpc) is 3.92. The van der Waals surface area contributed by atoms with Gasteiger partial charge >= 0.3 is 0 Å². The summed E-state index contributed by atoms with van der Waals surface area (Å²) in [6.07, 6.45) is 0. The Morgan fingerprint density at radius 1 is 0.228 bits per heavy atom. The van der Waals surface area contributed by atoms with Gasteiger partial charge in [0.1, 0.15) is 0 Å². The molecule has 0 amide bonds. The Kier molecular flexibility index (Phi) is 6.93. The van der Waals surface area contributed by atoms with Crippen LogP contribution in [0.1, 0.15) is 0 Å². The van der Waals surface area contributed by atoms with Crippen molar-refractivity contribution in [2.24, 2.45) is 0 Å². The third kappa shape index (κ3) is 4.79. The normalized spacial score (nSPS) is 11.9. The van der Waals surface area contributed by atoms with Gasteiger partial charge in [0.05, 0.1) is 38.8 Å². The van der Waals surface area contributed by atoms with Crippen LogP contribution in [0.25, 0.3) is 105 Å². The molecule has 3 heteroatoms. The van der Waals surface area contributed by atoms with E-state index < -0.39 is 0 Å². The number of aromatic nitrogens is 3. The molecule has 0 fully saturated rings. The predicted molar refractivity (Wildman–Crippen MR) is 240 cm³/mol. The molecule has 3 nitrogen and oxygen atoms in total. The van der Waals surface area contributed by atoms with Crippen LogP contribution in [0.5, 0.6) is 0 Å².